The summed E-state index contributed by atoms with van der Waals surface area (Å²) >= 11 is 0. The lowest BCUT2D eigenvalue weighted by Crippen LogP contribution is -2.48. The zero-order valence-corrected chi connectivity index (χ0v) is 15.0. The van der Waals surface area contributed by atoms with E-state index in [-0.39, 0.29) is 30.3 Å². The molecule has 2 unspecified atom stereocenters. The second-order valence-electron chi connectivity index (χ2n) is 6.66. The van der Waals surface area contributed by atoms with Gasteiger partial charge in [-0.3, -0.25) is 4.79 Å². The number of benzene rings is 1. The molecule has 1 aromatic heterocycles. The number of carbonyl (C=O) groups excluding carboxylic acids is 1. The standard InChI is InChI=1S/C19H25N5O3/c20-11-16(12-25)24(21)15-8-4-7-14(9-15)22-19(26)17-10-18(27-23-17)13-5-2-1-3-6-13/h1-3,5-6,10-11,14-15,25H,4,7-9,12,20-21H2,(H,22,26)/b16-11-. The van der Waals surface area contributed by atoms with Crippen molar-refractivity contribution in [3.8, 4) is 11.3 Å². The molecule has 0 aliphatic heterocycles. The van der Waals surface area contributed by atoms with Gasteiger partial charge in [-0.05, 0) is 25.7 Å². The maximum atomic E-state index is 12.5. The Kier molecular flexibility index (Phi) is 6.10. The molecular weight excluding hydrogens is 346 g/mol. The van der Waals surface area contributed by atoms with Crippen molar-refractivity contribution in [2.24, 2.45) is 11.6 Å². The summed E-state index contributed by atoms with van der Waals surface area (Å²) in [6.07, 6.45) is 4.63. The molecule has 144 valence electrons. The van der Waals surface area contributed by atoms with E-state index in [1.165, 1.54) is 11.2 Å². The third kappa shape index (κ3) is 4.47. The highest BCUT2D eigenvalue weighted by atomic mass is 16.5. The van der Waals surface area contributed by atoms with E-state index < -0.39 is 0 Å². The van der Waals surface area contributed by atoms with E-state index in [4.69, 9.17) is 16.1 Å². The van der Waals surface area contributed by atoms with Crippen LogP contribution in [0.5, 0.6) is 0 Å². The van der Waals surface area contributed by atoms with E-state index in [0.29, 0.717) is 17.9 Å². The van der Waals surface area contributed by atoms with Crippen LogP contribution in [0.2, 0.25) is 0 Å². The highest BCUT2D eigenvalue weighted by molar-refractivity contribution is 5.93. The third-order valence-electron chi connectivity index (χ3n) is 4.86. The van der Waals surface area contributed by atoms with Crippen LogP contribution in [0.15, 0.2) is 52.8 Å². The average Bonchev–Trinajstić information content (AvgIpc) is 3.20. The molecule has 0 radical (unpaired) electrons. The van der Waals surface area contributed by atoms with Crippen LogP contribution in [0.3, 0.4) is 0 Å². The van der Waals surface area contributed by atoms with E-state index in [2.05, 4.69) is 10.5 Å². The lowest BCUT2D eigenvalue weighted by molar-refractivity contribution is 0.0892. The Bertz CT molecular complexity index is 790. The first-order valence-corrected chi connectivity index (χ1v) is 9.01. The van der Waals surface area contributed by atoms with Crippen molar-refractivity contribution in [1.82, 2.24) is 15.5 Å². The van der Waals surface area contributed by atoms with Crippen LogP contribution in [0.4, 0.5) is 0 Å². The van der Waals surface area contributed by atoms with Crippen molar-refractivity contribution in [2.75, 3.05) is 6.61 Å². The van der Waals surface area contributed by atoms with Crippen molar-refractivity contribution in [2.45, 2.75) is 37.8 Å². The molecule has 2 atom stereocenters. The first-order valence-electron chi connectivity index (χ1n) is 9.01. The maximum absolute atomic E-state index is 12.5. The number of nitrogens with two attached hydrogens (primary N) is 2. The zero-order chi connectivity index (χ0) is 19.2. The van der Waals surface area contributed by atoms with Crippen molar-refractivity contribution >= 4 is 5.91 Å². The second-order valence-corrected chi connectivity index (χ2v) is 6.66. The van der Waals surface area contributed by atoms with Crippen LogP contribution < -0.4 is 16.9 Å². The molecule has 0 spiro atoms. The van der Waals surface area contributed by atoms with Crippen LogP contribution in [0, 0.1) is 0 Å². The van der Waals surface area contributed by atoms with Gasteiger partial charge in [0.05, 0.1) is 12.3 Å². The number of aromatic nitrogens is 1. The number of nitrogens with zero attached hydrogens (tertiary/aromatic N) is 2. The summed E-state index contributed by atoms with van der Waals surface area (Å²) in [7, 11) is 0. The molecule has 1 aliphatic rings. The number of amides is 1. The Morgan fingerprint density at radius 1 is 1.37 bits per heavy atom. The number of carbonyl (C=O) groups is 1. The van der Waals surface area contributed by atoms with Gasteiger partial charge in [-0.2, -0.15) is 0 Å². The normalized spacial score (nSPS) is 20.3. The molecule has 8 heteroatoms. The molecule has 27 heavy (non-hydrogen) atoms. The van der Waals surface area contributed by atoms with Crippen LogP contribution in [-0.4, -0.2) is 39.9 Å². The van der Waals surface area contributed by atoms with E-state index in [9.17, 15) is 9.90 Å². The fourth-order valence-corrected chi connectivity index (χ4v) is 3.38. The molecule has 1 saturated carbocycles. The Hall–Kier alpha value is -2.84. The van der Waals surface area contributed by atoms with Gasteiger partial charge in [0.25, 0.3) is 5.91 Å². The number of hydrazine groups is 1. The van der Waals surface area contributed by atoms with Gasteiger partial charge in [0.2, 0.25) is 0 Å². The van der Waals surface area contributed by atoms with Gasteiger partial charge in [0.1, 0.15) is 0 Å². The molecule has 0 saturated heterocycles. The van der Waals surface area contributed by atoms with Crippen LogP contribution in [0.1, 0.15) is 36.2 Å². The van der Waals surface area contributed by atoms with Gasteiger partial charge in [-0.15, -0.1) is 0 Å². The Balaban J connectivity index is 1.62. The summed E-state index contributed by atoms with van der Waals surface area (Å²) in [6.45, 7) is -0.221. The molecule has 1 amide bonds. The molecule has 6 N–H and O–H groups in total. The predicted molar refractivity (Wildman–Crippen MR) is 101 cm³/mol. The molecule has 1 heterocycles. The number of rotatable bonds is 6. The number of aliphatic hydroxyl groups is 1. The molecule has 1 fully saturated rings. The molecule has 2 aromatic rings. The monoisotopic (exact) mass is 371 g/mol. The maximum Gasteiger partial charge on any atom is 0.273 e. The number of aliphatic hydroxyl groups excluding tert-OH is 1. The first-order chi connectivity index (χ1) is 13.1. The van der Waals surface area contributed by atoms with Gasteiger partial charge < -0.3 is 25.7 Å². The summed E-state index contributed by atoms with van der Waals surface area (Å²) in [5, 5.41) is 17.7. The van der Waals surface area contributed by atoms with Crippen molar-refractivity contribution < 1.29 is 14.4 Å². The Morgan fingerprint density at radius 2 is 2.15 bits per heavy atom. The summed E-state index contributed by atoms with van der Waals surface area (Å²) in [6, 6.07) is 11.1. The highest BCUT2D eigenvalue weighted by Crippen LogP contribution is 2.24. The third-order valence-corrected chi connectivity index (χ3v) is 4.86. The van der Waals surface area contributed by atoms with Gasteiger partial charge in [0, 0.05) is 29.9 Å². The summed E-state index contributed by atoms with van der Waals surface area (Å²) in [5.74, 6) is 6.35. The molecule has 1 aliphatic carbocycles. The minimum absolute atomic E-state index is 0.00295. The average molecular weight is 371 g/mol. The summed E-state index contributed by atoms with van der Waals surface area (Å²) < 4.78 is 5.29. The predicted octanol–water partition coefficient (Wildman–Crippen LogP) is 1.35. The minimum Gasteiger partial charge on any atom is -0.403 e. The smallest absolute Gasteiger partial charge is 0.273 e. The van der Waals surface area contributed by atoms with Crippen LogP contribution in [0.25, 0.3) is 11.3 Å². The van der Waals surface area contributed by atoms with Crippen LogP contribution >= 0.6 is 0 Å². The number of hydrogen-bond acceptors (Lipinski definition) is 7. The molecule has 1 aromatic carbocycles. The van der Waals surface area contributed by atoms with E-state index in [1.54, 1.807) is 6.07 Å². The summed E-state index contributed by atoms with van der Waals surface area (Å²) in [4.78, 5) is 12.5. The van der Waals surface area contributed by atoms with Crippen molar-refractivity contribution in [3.63, 3.8) is 0 Å². The van der Waals surface area contributed by atoms with E-state index in [1.807, 2.05) is 30.3 Å². The Labute approximate surface area is 157 Å². The molecule has 3 rings (SSSR count). The summed E-state index contributed by atoms with van der Waals surface area (Å²) in [5.41, 5.74) is 7.08. The van der Waals surface area contributed by atoms with Gasteiger partial charge in [0.15, 0.2) is 11.5 Å². The molecule has 8 nitrogen and oxygen atoms in total. The SMILES string of the molecule is N/C=C(/CO)N(N)C1CCCC(NC(=O)c2cc(-c3ccccc3)on2)C1. The zero-order valence-electron chi connectivity index (χ0n) is 15.0. The van der Waals surface area contributed by atoms with Gasteiger partial charge >= 0.3 is 0 Å². The second kappa shape index (κ2) is 8.70. The fraction of sp³-hybridized carbons (Fsp3) is 0.368. The van der Waals surface area contributed by atoms with E-state index in [0.717, 1.165) is 24.8 Å². The fourth-order valence-electron chi connectivity index (χ4n) is 3.38. The minimum atomic E-state index is -0.271. The molecule has 0 bridgehead atoms. The Morgan fingerprint density at radius 3 is 2.85 bits per heavy atom. The van der Waals surface area contributed by atoms with Gasteiger partial charge in [-0.1, -0.05) is 35.5 Å². The first kappa shape index (κ1) is 18.9. The largest absolute Gasteiger partial charge is 0.403 e. The molecular formula is C19H25N5O3. The van der Waals surface area contributed by atoms with Gasteiger partial charge in [-0.25, -0.2) is 5.84 Å². The number of hydrogen-bond donors (Lipinski definition) is 4. The highest BCUT2D eigenvalue weighted by Gasteiger charge is 2.28. The lowest BCUT2D eigenvalue weighted by Gasteiger charge is -2.36. The number of nitrogens with one attached hydrogen (secondary N) is 1. The topological polar surface area (TPSA) is 131 Å². The quantitative estimate of drug-likeness (QED) is 0.445. The van der Waals surface area contributed by atoms with Crippen LogP contribution in [-0.2, 0) is 0 Å². The van der Waals surface area contributed by atoms with Crippen molar-refractivity contribution in [3.05, 3.63) is 54.0 Å². The lowest BCUT2D eigenvalue weighted by atomic mass is 9.90. The van der Waals surface area contributed by atoms with E-state index >= 15 is 0 Å². The van der Waals surface area contributed by atoms with Crippen molar-refractivity contribution in [1.29, 1.82) is 0 Å².